The van der Waals surface area contributed by atoms with Gasteiger partial charge in [0.1, 0.15) is 0 Å². The van der Waals surface area contributed by atoms with Crippen molar-refractivity contribution in [3.8, 4) is 0 Å². The normalized spacial score (nSPS) is 11.5. The number of rotatable bonds is 5. The quantitative estimate of drug-likeness (QED) is 0.181. The van der Waals surface area contributed by atoms with E-state index in [1.165, 1.54) is 12.1 Å². The van der Waals surface area contributed by atoms with E-state index in [1.54, 1.807) is 24.3 Å². The van der Waals surface area contributed by atoms with Crippen molar-refractivity contribution < 1.29 is 4.92 Å². The van der Waals surface area contributed by atoms with E-state index in [9.17, 15) is 10.1 Å². The summed E-state index contributed by atoms with van der Waals surface area (Å²) < 4.78 is 0.894. The Morgan fingerprint density at radius 2 is 1.74 bits per heavy atom. The average Bonchev–Trinajstić information content (AvgIpc) is 2.69. The lowest BCUT2D eigenvalue weighted by molar-refractivity contribution is -0.384. The van der Waals surface area contributed by atoms with Crippen LogP contribution in [0, 0.1) is 10.1 Å². The SMILES string of the molecule is O=[N+]([O-])c1cccc(/C(N=Nc2ccccc2)=N/Nc2cccc(Br)c2)c1. The first kappa shape index (κ1) is 18.4. The van der Waals surface area contributed by atoms with Crippen LogP contribution in [0.4, 0.5) is 17.1 Å². The molecule has 0 heterocycles. The maximum atomic E-state index is 11.1. The zero-order valence-electron chi connectivity index (χ0n) is 14.0. The Balaban J connectivity index is 1.95. The van der Waals surface area contributed by atoms with Crippen LogP contribution in [0.5, 0.6) is 0 Å². The number of hydrogen-bond donors (Lipinski definition) is 1. The second kappa shape index (κ2) is 8.81. The van der Waals surface area contributed by atoms with Crippen LogP contribution in [0.15, 0.2) is 98.7 Å². The van der Waals surface area contributed by atoms with E-state index in [1.807, 2.05) is 42.5 Å². The summed E-state index contributed by atoms with van der Waals surface area (Å²) in [6.07, 6.45) is 0. The third kappa shape index (κ3) is 5.29. The minimum atomic E-state index is -0.461. The van der Waals surface area contributed by atoms with Crippen LogP contribution in [-0.4, -0.2) is 10.8 Å². The maximum Gasteiger partial charge on any atom is 0.270 e. The van der Waals surface area contributed by atoms with Crippen molar-refractivity contribution in [2.75, 3.05) is 5.43 Å². The molecule has 0 saturated carbocycles. The molecule has 1 N–H and O–H groups in total. The van der Waals surface area contributed by atoms with Gasteiger partial charge in [-0.2, -0.15) is 5.10 Å². The summed E-state index contributed by atoms with van der Waals surface area (Å²) in [5.41, 5.74) is 4.73. The predicted molar refractivity (Wildman–Crippen MR) is 108 cm³/mol. The number of hydrogen-bond acceptors (Lipinski definition) is 5. The molecule has 0 aliphatic carbocycles. The fraction of sp³-hybridized carbons (Fsp3) is 0. The lowest BCUT2D eigenvalue weighted by Crippen LogP contribution is -2.02. The minimum Gasteiger partial charge on any atom is -0.276 e. The molecule has 7 nitrogen and oxygen atoms in total. The smallest absolute Gasteiger partial charge is 0.270 e. The number of nitro groups is 1. The Labute approximate surface area is 163 Å². The van der Waals surface area contributed by atoms with Crippen LogP contribution < -0.4 is 5.43 Å². The third-order valence-corrected chi connectivity index (χ3v) is 3.94. The number of nitrogens with one attached hydrogen (secondary N) is 1. The van der Waals surface area contributed by atoms with Crippen LogP contribution in [0.1, 0.15) is 5.56 Å². The number of anilines is 1. The number of amidine groups is 1. The molecule has 3 rings (SSSR count). The van der Waals surface area contributed by atoms with Gasteiger partial charge in [0.15, 0.2) is 0 Å². The standard InChI is InChI=1S/C19H14BrN5O2/c20-15-7-5-10-17(13-15)22-24-19(23-21-16-8-2-1-3-9-16)14-6-4-11-18(12-14)25(26)27/h1-13,22H/b23-21?,24-19-. The molecule has 3 aromatic carbocycles. The molecule has 0 fully saturated rings. The van der Waals surface area contributed by atoms with Gasteiger partial charge >= 0.3 is 0 Å². The molecule has 0 aliphatic rings. The lowest BCUT2D eigenvalue weighted by Gasteiger charge is -2.04. The summed E-state index contributed by atoms with van der Waals surface area (Å²) in [5, 5.41) is 23.7. The molecule has 8 heteroatoms. The molecule has 3 aromatic rings. The second-order valence-corrected chi connectivity index (χ2v) is 6.32. The van der Waals surface area contributed by atoms with Gasteiger partial charge in [0.25, 0.3) is 5.69 Å². The first-order chi connectivity index (χ1) is 13.1. The maximum absolute atomic E-state index is 11.1. The molecule has 0 amide bonds. The third-order valence-electron chi connectivity index (χ3n) is 3.45. The van der Waals surface area contributed by atoms with Crippen molar-refractivity contribution in [2.45, 2.75) is 0 Å². The molecule has 0 aliphatic heterocycles. The Bertz CT molecular complexity index is 1010. The summed E-state index contributed by atoms with van der Waals surface area (Å²) in [4.78, 5) is 10.6. The number of halogens is 1. The van der Waals surface area contributed by atoms with Crippen LogP contribution in [0.3, 0.4) is 0 Å². The molecule has 27 heavy (non-hydrogen) atoms. The molecule has 0 radical (unpaired) electrons. The highest BCUT2D eigenvalue weighted by Gasteiger charge is 2.10. The number of nitro benzene ring substituents is 1. The summed E-state index contributed by atoms with van der Waals surface area (Å²) >= 11 is 3.40. The van der Waals surface area contributed by atoms with Gasteiger partial charge in [-0.15, -0.1) is 10.2 Å². The van der Waals surface area contributed by atoms with Crippen LogP contribution >= 0.6 is 15.9 Å². The summed E-state index contributed by atoms with van der Waals surface area (Å²) in [6, 6.07) is 22.7. The fourth-order valence-corrected chi connectivity index (χ4v) is 2.58. The number of azo groups is 1. The zero-order valence-corrected chi connectivity index (χ0v) is 15.6. The van der Waals surface area contributed by atoms with Gasteiger partial charge in [0.2, 0.25) is 5.84 Å². The van der Waals surface area contributed by atoms with E-state index in [0.717, 1.165) is 10.2 Å². The van der Waals surface area contributed by atoms with Gasteiger partial charge in [0.05, 0.1) is 16.3 Å². The summed E-state index contributed by atoms with van der Waals surface area (Å²) in [6.45, 7) is 0. The Hall–Kier alpha value is -3.39. The first-order valence-corrected chi connectivity index (χ1v) is 8.72. The van der Waals surface area contributed by atoms with Crippen molar-refractivity contribution in [1.82, 2.24) is 0 Å². The van der Waals surface area contributed by atoms with E-state index < -0.39 is 4.92 Å². The molecule has 0 unspecified atom stereocenters. The Morgan fingerprint density at radius 3 is 2.48 bits per heavy atom. The van der Waals surface area contributed by atoms with Crippen molar-refractivity contribution in [3.05, 3.63) is 99.0 Å². The number of non-ortho nitro benzene ring substituents is 1. The Kier molecular flexibility index (Phi) is 6.01. The van der Waals surface area contributed by atoms with E-state index >= 15 is 0 Å². The number of nitrogens with zero attached hydrogens (tertiary/aromatic N) is 4. The molecule has 0 spiro atoms. The van der Waals surface area contributed by atoms with Crippen molar-refractivity contribution in [2.24, 2.45) is 15.3 Å². The molecule has 0 atom stereocenters. The van der Waals surface area contributed by atoms with Crippen molar-refractivity contribution in [1.29, 1.82) is 0 Å². The van der Waals surface area contributed by atoms with Crippen LogP contribution in [-0.2, 0) is 0 Å². The van der Waals surface area contributed by atoms with Crippen molar-refractivity contribution in [3.63, 3.8) is 0 Å². The largest absolute Gasteiger partial charge is 0.276 e. The lowest BCUT2D eigenvalue weighted by atomic mass is 10.2. The van der Waals surface area contributed by atoms with Gasteiger partial charge in [-0.05, 0) is 30.3 Å². The molecular weight excluding hydrogens is 410 g/mol. The van der Waals surface area contributed by atoms with E-state index in [-0.39, 0.29) is 11.5 Å². The van der Waals surface area contributed by atoms with Gasteiger partial charge in [-0.1, -0.05) is 52.3 Å². The summed E-state index contributed by atoms with van der Waals surface area (Å²) in [7, 11) is 0. The van der Waals surface area contributed by atoms with Crippen LogP contribution in [0.25, 0.3) is 0 Å². The summed E-state index contributed by atoms with van der Waals surface area (Å²) in [5.74, 6) is 0.225. The number of hydrazone groups is 1. The molecule has 0 bridgehead atoms. The molecule has 0 aromatic heterocycles. The molecule has 0 saturated heterocycles. The average molecular weight is 424 g/mol. The highest BCUT2D eigenvalue weighted by atomic mass is 79.9. The van der Waals surface area contributed by atoms with E-state index in [4.69, 9.17) is 0 Å². The van der Waals surface area contributed by atoms with E-state index in [0.29, 0.717) is 11.3 Å². The first-order valence-electron chi connectivity index (χ1n) is 7.93. The predicted octanol–water partition coefficient (Wildman–Crippen LogP) is 5.91. The molecule has 134 valence electrons. The van der Waals surface area contributed by atoms with Gasteiger partial charge < -0.3 is 0 Å². The highest BCUT2D eigenvalue weighted by Crippen LogP contribution is 2.19. The van der Waals surface area contributed by atoms with Crippen molar-refractivity contribution >= 4 is 38.8 Å². The van der Waals surface area contributed by atoms with E-state index in [2.05, 4.69) is 36.7 Å². The Morgan fingerprint density at radius 1 is 0.963 bits per heavy atom. The fourth-order valence-electron chi connectivity index (χ4n) is 2.18. The second-order valence-electron chi connectivity index (χ2n) is 5.40. The van der Waals surface area contributed by atoms with Crippen LogP contribution in [0.2, 0.25) is 0 Å². The molecular formula is C19H14BrN5O2. The van der Waals surface area contributed by atoms with Gasteiger partial charge in [-0.25, -0.2) is 0 Å². The highest BCUT2D eigenvalue weighted by molar-refractivity contribution is 9.10. The monoisotopic (exact) mass is 423 g/mol. The minimum absolute atomic E-state index is 0.0439. The zero-order chi connectivity index (χ0) is 19.1. The number of benzene rings is 3. The van der Waals surface area contributed by atoms with Gasteiger partial charge in [0, 0.05) is 22.2 Å². The topological polar surface area (TPSA) is 92.2 Å². The van der Waals surface area contributed by atoms with Gasteiger partial charge in [-0.3, -0.25) is 15.5 Å².